The second kappa shape index (κ2) is 11.7. The lowest BCUT2D eigenvalue weighted by molar-refractivity contribution is 0.0254. The summed E-state index contributed by atoms with van der Waals surface area (Å²) < 4.78 is 5.09. The Morgan fingerprint density at radius 1 is 1.40 bits per heavy atom. The van der Waals surface area contributed by atoms with Crippen LogP contribution in [-0.2, 0) is 4.74 Å². The van der Waals surface area contributed by atoms with E-state index in [1.807, 2.05) is 27.7 Å². The number of aliphatic hydroxyl groups excluding tert-OH is 1. The molecule has 0 amide bonds. The molecule has 0 aromatic carbocycles. The maximum Gasteiger partial charge on any atom is 0.0777 e. The van der Waals surface area contributed by atoms with Crippen molar-refractivity contribution in [3.05, 3.63) is 0 Å². The van der Waals surface area contributed by atoms with E-state index in [1.165, 1.54) is 0 Å². The molecule has 0 saturated heterocycles. The Balaban J connectivity index is 0. The maximum absolute atomic E-state index is 8.44. The van der Waals surface area contributed by atoms with Crippen LogP contribution >= 0.6 is 0 Å². The van der Waals surface area contributed by atoms with E-state index in [9.17, 15) is 0 Å². The van der Waals surface area contributed by atoms with Crippen LogP contribution in [0.25, 0.3) is 0 Å². The highest BCUT2D eigenvalue weighted by Gasteiger charge is 1.95. The minimum absolute atomic E-state index is 0.00921. The monoisotopic (exact) mass is 148 g/mol. The predicted octanol–water partition coefficient (Wildman–Crippen LogP) is 1.82. The molecular weight excluding hydrogens is 128 g/mol. The van der Waals surface area contributed by atoms with Gasteiger partial charge in [0.25, 0.3) is 0 Å². The minimum atomic E-state index is 0.00921. The number of hydrogen-bond donors (Lipinski definition) is 1. The second-order valence-corrected chi connectivity index (χ2v) is 1.86. The lowest BCUT2D eigenvalue weighted by atomic mass is 10.4. The van der Waals surface area contributed by atoms with Crippen LogP contribution in [0.15, 0.2) is 0 Å². The molecule has 0 aliphatic carbocycles. The Labute approximate surface area is 64.2 Å². The molecule has 0 rings (SSSR count). The lowest BCUT2D eigenvalue weighted by Gasteiger charge is -2.06. The first-order valence-corrected chi connectivity index (χ1v) is 4.03. The summed E-state index contributed by atoms with van der Waals surface area (Å²) in [7, 11) is 0. The van der Waals surface area contributed by atoms with E-state index in [0.717, 1.165) is 13.0 Å². The molecule has 10 heavy (non-hydrogen) atoms. The van der Waals surface area contributed by atoms with Gasteiger partial charge in [-0.15, -0.1) is 0 Å². The third-order valence-electron chi connectivity index (χ3n) is 0.864. The molecule has 0 aromatic heterocycles. The zero-order valence-corrected chi connectivity index (χ0v) is 7.55. The first-order chi connectivity index (χ1) is 4.81. The lowest BCUT2D eigenvalue weighted by Crippen LogP contribution is -2.12. The van der Waals surface area contributed by atoms with Crippen LogP contribution in [-0.4, -0.2) is 24.4 Å². The van der Waals surface area contributed by atoms with Crippen LogP contribution in [0.4, 0.5) is 0 Å². The van der Waals surface area contributed by atoms with E-state index >= 15 is 0 Å². The van der Waals surface area contributed by atoms with E-state index < -0.39 is 0 Å². The number of aliphatic hydroxyl groups is 1. The molecule has 1 N–H and O–H groups in total. The first-order valence-electron chi connectivity index (χ1n) is 4.03. The normalized spacial score (nSPS) is 11.7. The Hall–Kier alpha value is -0.0800. The van der Waals surface area contributed by atoms with Crippen molar-refractivity contribution in [3.63, 3.8) is 0 Å². The zero-order chi connectivity index (χ0) is 8.41. The van der Waals surface area contributed by atoms with E-state index in [1.54, 1.807) is 0 Å². The van der Waals surface area contributed by atoms with E-state index in [4.69, 9.17) is 9.84 Å². The fourth-order valence-corrected chi connectivity index (χ4v) is 0.372. The van der Waals surface area contributed by atoms with Crippen molar-refractivity contribution in [2.24, 2.45) is 0 Å². The topological polar surface area (TPSA) is 29.5 Å². The van der Waals surface area contributed by atoms with Crippen molar-refractivity contribution in [3.8, 4) is 0 Å². The Morgan fingerprint density at radius 2 is 1.90 bits per heavy atom. The molecule has 1 atom stereocenters. The van der Waals surface area contributed by atoms with Gasteiger partial charge in [-0.2, -0.15) is 0 Å². The van der Waals surface area contributed by atoms with Crippen molar-refractivity contribution in [2.45, 2.75) is 40.2 Å². The van der Waals surface area contributed by atoms with Gasteiger partial charge in [0.05, 0.1) is 12.7 Å². The summed E-state index contributed by atoms with van der Waals surface area (Å²) in [6.07, 6.45) is 1.03. The van der Waals surface area contributed by atoms with Gasteiger partial charge in [-0.3, -0.25) is 0 Å². The van der Waals surface area contributed by atoms with E-state index in [-0.39, 0.29) is 12.7 Å². The van der Waals surface area contributed by atoms with E-state index in [2.05, 4.69) is 0 Å². The van der Waals surface area contributed by atoms with Crippen molar-refractivity contribution in [1.29, 1.82) is 0 Å². The predicted molar refractivity (Wildman–Crippen MR) is 44.1 cm³/mol. The molecule has 0 saturated carbocycles. The molecule has 0 spiro atoms. The van der Waals surface area contributed by atoms with Crippen LogP contribution in [0, 0.1) is 0 Å². The Kier molecular flexibility index (Phi) is 14.7. The third kappa shape index (κ3) is 10.8. The SMILES string of the molecule is CC.CCCO[C@@H](C)CO. The smallest absolute Gasteiger partial charge is 0.0777 e. The van der Waals surface area contributed by atoms with Crippen molar-refractivity contribution in [1.82, 2.24) is 0 Å². The molecule has 0 fully saturated rings. The van der Waals surface area contributed by atoms with Crippen molar-refractivity contribution in [2.75, 3.05) is 13.2 Å². The molecule has 0 aromatic rings. The van der Waals surface area contributed by atoms with Gasteiger partial charge in [0, 0.05) is 6.61 Å². The highest BCUT2D eigenvalue weighted by atomic mass is 16.5. The molecule has 2 heteroatoms. The summed E-state index contributed by atoms with van der Waals surface area (Å²) in [6.45, 7) is 8.78. The highest BCUT2D eigenvalue weighted by molar-refractivity contribution is 4.42. The summed E-state index contributed by atoms with van der Waals surface area (Å²) >= 11 is 0. The average Bonchev–Trinajstić information content (AvgIpc) is 2.04. The average molecular weight is 148 g/mol. The Bertz CT molecular complexity index is 46.5. The third-order valence-corrected chi connectivity index (χ3v) is 0.864. The van der Waals surface area contributed by atoms with Gasteiger partial charge in [-0.1, -0.05) is 20.8 Å². The van der Waals surface area contributed by atoms with Gasteiger partial charge < -0.3 is 9.84 Å². The zero-order valence-electron chi connectivity index (χ0n) is 7.55. The first kappa shape index (κ1) is 12.6. The van der Waals surface area contributed by atoms with E-state index in [0.29, 0.717) is 0 Å². The van der Waals surface area contributed by atoms with Crippen molar-refractivity contribution >= 4 is 0 Å². The molecule has 2 nitrogen and oxygen atoms in total. The summed E-state index contributed by atoms with van der Waals surface area (Å²) in [6, 6.07) is 0. The van der Waals surface area contributed by atoms with Gasteiger partial charge in [0.2, 0.25) is 0 Å². The molecule has 0 unspecified atom stereocenters. The molecule has 0 bridgehead atoms. The van der Waals surface area contributed by atoms with Gasteiger partial charge in [0.1, 0.15) is 0 Å². The number of rotatable bonds is 4. The van der Waals surface area contributed by atoms with Crippen LogP contribution in [0.5, 0.6) is 0 Å². The fourth-order valence-electron chi connectivity index (χ4n) is 0.372. The fraction of sp³-hybridized carbons (Fsp3) is 1.00. The molecular formula is C8H20O2. The molecule has 0 aliphatic rings. The van der Waals surface area contributed by atoms with Crippen LogP contribution in [0.2, 0.25) is 0 Å². The highest BCUT2D eigenvalue weighted by Crippen LogP contribution is 1.88. The quantitative estimate of drug-likeness (QED) is 0.659. The standard InChI is InChI=1S/C6H14O2.C2H6/c1-3-4-8-6(2)5-7;1-2/h6-7H,3-5H2,1-2H3;1-2H3/t6-;/m0./s1. The summed E-state index contributed by atoms with van der Waals surface area (Å²) in [4.78, 5) is 0. The van der Waals surface area contributed by atoms with Crippen LogP contribution in [0.1, 0.15) is 34.1 Å². The van der Waals surface area contributed by atoms with Gasteiger partial charge in [0.15, 0.2) is 0 Å². The maximum atomic E-state index is 8.44. The summed E-state index contributed by atoms with van der Waals surface area (Å²) in [5, 5.41) is 8.44. The van der Waals surface area contributed by atoms with Gasteiger partial charge >= 0.3 is 0 Å². The minimum Gasteiger partial charge on any atom is -0.394 e. The molecule has 0 aliphatic heterocycles. The summed E-state index contributed by atoms with van der Waals surface area (Å²) in [5.74, 6) is 0. The summed E-state index contributed by atoms with van der Waals surface area (Å²) in [5.41, 5.74) is 0. The van der Waals surface area contributed by atoms with Crippen LogP contribution < -0.4 is 0 Å². The molecule has 64 valence electrons. The molecule has 0 heterocycles. The van der Waals surface area contributed by atoms with Gasteiger partial charge in [-0.25, -0.2) is 0 Å². The van der Waals surface area contributed by atoms with Crippen LogP contribution in [0.3, 0.4) is 0 Å². The van der Waals surface area contributed by atoms with Crippen molar-refractivity contribution < 1.29 is 9.84 Å². The largest absolute Gasteiger partial charge is 0.394 e. The number of ether oxygens (including phenoxy) is 1. The Morgan fingerprint density at radius 3 is 2.20 bits per heavy atom. The second-order valence-electron chi connectivity index (χ2n) is 1.86. The van der Waals surface area contributed by atoms with Gasteiger partial charge in [-0.05, 0) is 13.3 Å². The number of hydrogen-bond acceptors (Lipinski definition) is 2. The molecule has 0 radical (unpaired) electrons.